The van der Waals surface area contributed by atoms with Crippen molar-refractivity contribution in [3.63, 3.8) is 0 Å². The summed E-state index contributed by atoms with van der Waals surface area (Å²) in [5.74, 6) is 1.79. The molecule has 3 aliphatic heterocycles. The number of morpholine rings is 1. The Hall–Kier alpha value is -7.27. The molecule has 72 heavy (non-hydrogen) atoms. The van der Waals surface area contributed by atoms with Crippen molar-refractivity contribution in [3.8, 4) is 22.8 Å². The summed E-state index contributed by atoms with van der Waals surface area (Å²) in [5.41, 5.74) is 8.90. The van der Waals surface area contributed by atoms with Crippen molar-refractivity contribution in [2.45, 2.75) is 53.2 Å². The van der Waals surface area contributed by atoms with Crippen LogP contribution in [0.1, 0.15) is 55.0 Å². The molecule has 0 spiro atoms. The maximum atomic E-state index is 14.9. The lowest BCUT2D eigenvalue weighted by Gasteiger charge is -2.33. The average molecular weight is 987 g/mol. The number of nitrogen functional groups attached to an aromatic ring is 1. The number of anilines is 4. The molecule has 3 aliphatic rings. The van der Waals surface area contributed by atoms with Crippen LogP contribution < -0.4 is 31.5 Å². The molecule has 0 unspecified atom stereocenters. The summed E-state index contributed by atoms with van der Waals surface area (Å²) in [5, 5.41) is 7.26. The van der Waals surface area contributed by atoms with Gasteiger partial charge in [-0.05, 0) is 69.6 Å². The van der Waals surface area contributed by atoms with Crippen LogP contribution in [0.3, 0.4) is 0 Å². The number of rotatable bonds is 14. The number of imidazole rings is 1. The molecule has 0 bridgehead atoms. The highest BCUT2D eigenvalue weighted by atomic mass is 19.1. The van der Waals surface area contributed by atoms with Gasteiger partial charge in [-0.2, -0.15) is 4.99 Å². The number of carbonyl (C=O) groups excluding carboxylic acids is 1. The van der Waals surface area contributed by atoms with E-state index in [0.29, 0.717) is 59.4 Å². The van der Waals surface area contributed by atoms with Gasteiger partial charge in [0.2, 0.25) is 17.5 Å². The highest BCUT2D eigenvalue weighted by molar-refractivity contribution is 5.96. The molecule has 0 saturated carbocycles. The van der Waals surface area contributed by atoms with Crippen LogP contribution >= 0.6 is 0 Å². The SMILES string of the molecule is CCN1CCN(Cc2ccc(Nc3ncc(F)c(-c4cc(F)c5nc(C)n(C(C)C)c5c4)n3)nc2)CC1.COc1c(OCCCN2CCOCC2)ccc2c3n(c(=NC(=O)c4cnc(N)nc4)nc12)CCN3. The van der Waals surface area contributed by atoms with Crippen LogP contribution in [0, 0.1) is 18.6 Å². The number of pyridine rings is 1. The maximum Gasteiger partial charge on any atom is 0.283 e. The fourth-order valence-corrected chi connectivity index (χ4v) is 9.16. The number of benzene rings is 2. The summed E-state index contributed by atoms with van der Waals surface area (Å²) < 4.78 is 50.7. The van der Waals surface area contributed by atoms with Crippen molar-refractivity contribution < 1.29 is 27.8 Å². The number of aryl methyl sites for hydroxylation is 1. The first kappa shape index (κ1) is 49.7. The molecule has 10 rings (SSSR count). The minimum absolute atomic E-state index is 0.00954. The largest absolute Gasteiger partial charge is 0.491 e. The van der Waals surface area contributed by atoms with Gasteiger partial charge in [0.1, 0.15) is 34.2 Å². The van der Waals surface area contributed by atoms with E-state index in [1.807, 2.05) is 60.4 Å². The van der Waals surface area contributed by atoms with E-state index in [4.69, 9.17) is 24.9 Å². The van der Waals surface area contributed by atoms with Crippen LogP contribution in [0.5, 0.6) is 11.5 Å². The van der Waals surface area contributed by atoms with Gasteiger partial charge in [0, 0.05) is 101 Å². The maximum absolute atomic E-state index is 14.9. The number of hydrogen-bond donors (Lipinski definition) is 3. The van der Waals surface area contributed by atoms with E-state index in [9.17, 15) is 13.6 Å². The Kier molecular flexibility index (Phi) is 15.5. The number of nitrogens with zero attached hydrogens (tertiary/aromatic N) is 13. The molecular formula is C50H60F2N16O4. The lowest BCUT2D eigenvalue weighted by atomic mass is 10.1. The van der Waals surface area contributed by atoms with Crippen molar-refractivity contribution >= 4 is 51.4 Å². The molecule has 0 atom stereocenters. The third-order valence-electron chi connectivity index (χ3n) is 12.8. The minimum Gasteiger partial charge on any atom is -0.491 e. The molecule has 4 N–H and O–H groups in total. The van der Waals surface area contributed by atoms with Crippen LogP contribution in [0.25, 0.3) is 33.2 Å². The quantitative estimate of drug-likeness (QED) is 0.113. The molecule has 2 aromatic carbocycles. The number of amides is 1. The van der Waals surface area contributed by atoms with Crippen LogP contribution in [-0.2, 0) is 17.8 Å². The summed E-state index contributed by atoms with van der Waals surface area (Å²) in [6, 6.07) is 10.8. The normalized spacial score (nSPS) is 15.6. The smallest absolute Gasteiger partial charge is 0.283 e. The Morgan fingerprint density at radius 2 is 1.67 bits per heavy atom. The number of aromatic nitrogens is 9. The number of hydrogen-bond acceptors (Lipinski definition) is 17. The first-order chi connectivity index (χ1) is 35.0. The topological polar surface area (TPSA) is 217 Å². The Morgan fingerprint density at radius 3 is 2.39 bits per heavy atom. The molecule has 7 aromatic rings. The summed E-state index contributed by atoms with van der Waals surface area (Å²) in [7, 11) is 1.58. The second-order valence-corrected chi connectivity index (χ2v) is 18.0. The Balaban J connectivity index is 0.000000178. The van der Waals surface area contributed by atoms with Crippen LogP contribution in [0.4, 0.5) is 32.3 Å². The first-order valence-corrected chi connectivity index (χ1v) is 24.3. The lowest BCUT2D eigenvalue weighted by molar-refractivity contribution is 0.0357. The van der Waals surface area contributed by atoms with Gasteiger partial charge in [-0.25, -0.2) is 43.7 Å². The van der Waals surface area contributed by atoms with Gasteiger partial charge < -0.3 is 40.0 Å². The number of ether oxygens (including phenoxy) is 3. The molecule has 2 saturated heterocycles. The number of methoxy groups -OCH3 is 1. The predicted molar refractivity (Wildman–Crippen MR) is 269 cm³/mol. The minimum atomic E-state index is -0.636. The van der Waals surface area contributed by atoms with E-state index in [-0.39, 0.29) is 40.3 Å². The average Bonchev–Trinajstić information content (AvgIpc) is 4.03. The molecule has 1 amide bonds. The highest BCUT2D eigenvalue weighted by Gasteiger charge is 2.23. The monoisotopic (exact) mass is 986 g/mol. The number of nitrogens with two attached hydrogens (primary N) is 1. The molecule has 2 fully saturated rings. The summed E-state index contributed by atoms with van der Waals surface area (Å²) in [6.45, 7) is 20.5. The molecular weight excluding hydrogens is 927 g/mol. The van der Waals surface area contributed by atoms with Crippen LogP contribution in [0.15, 0.2) is 66.2 Å². The van der Waals surface area contributed by atoms with Crippen LogP contribution in [-0.4, -0.2) is 150 Å². The van der Waals surface area contributed by atoms with Gasteiger partial charge in [0.15, 0.2) is 23.1 Å². The van der Waals surface area contributed by atoms with Crippen molar-refractivity contribution in [2.24, 2.45) is 4.99 Å². The van der Waals surface area contributed by atoms with E-state index in [1.54, 1.807) is 13.2 Å². The number of fused-ring (bicyclic) bond motifs is 4. The molecule has 8 heterocycles. The summed E-state index contributed by atoms with van der Waals surface area (Å²) in [6.07, 6.45) is 6.50. The van der Waals surface area contributed by atoms with Gasteiger partial charge in [-0.3, -0.25) is 19.2 Å². The van der Waals surface area contributed by atoms with E-state index in [1.165, 1.54) is 18.5 Å². The standard InChI is InChI=1S/C27H32F2N8.C23H28N8O4/c1-5-35-8-10-36(11-9-35)16-19-6-7-24(30-14-19)33-27-31-15-22(29)25(34-27)20-12-21(28)26-23(13-20)37(17(2)3)18(4)32-26;1-33-19-17(35-10-2-6-30-8-11-34-12-9-30)4-3-16-18(19)28-23(31-7-5-25-20(16)31)29-21(32)15-13-26-22(24)27-14-15/h6-7,12-15,17H,5,8-11,16H2,1-4H3,(H,30,31,33,34);3-4,13-14,25H,2,5-12H2,1H3,(H2,24,26,27). The fourth-order valence-electron chi connectivity index (χ4n) is 9.16. The Labute approximate surface area is 415 Å². The van der Waals surface area contributed by atoms with Crippen LogP contribution in [0.2, 0.25) is 0 Å². The number of likely N-dealkylation sites (N-methyl/N-ethyl adjacent to an activating group) is 1. The molecule has 22 heteroatoms. The third-order valence-corrected chi connectivity index (χ3v) is 12.8. The molecule has 20 nitrogen and oxygen atoms in total. The molecule has 0 radical (unpaired) electrons. The van der Waals surface area contributed by atoms with E-state index >= 15 is 0 Å². The molecule has 378 valence electrons. The second kappa shape index (κ2) is 22.4. The number of carbonyl (C=O) groups is 1. The van der Waals surface area contributed by atoms with E-state index < -0.39 is 17.5 Å². The Morgan fingerprint density at radius 1 is 0.889 bits per heavy atom. The van der Waals surface area contributed by atoms with Crippen molar-refractivity contribution in [3.05, 3.63) is 95.4 Å². The number of halogens is 2. The zero-order valence-corrected chi connectivity index (χ0v) is 41.2. The second-order valence-electron chi connectivity index (χ2n) is 18.0. The summed E-state index contributed by atoms with van der Waals surface area (Å²) in [4.78, 5) is 54.0. The number of piperazine rings is 1. The van der Waals surface area contributed by atoms with Crippen molar-refractivity contribution in [1.82, 2.24) is 58.7 Å². The molecule has 5 aromatic heterocycles. The third kappa shape index (κ3) is 11.3. The summed E-state index contributed by atoms with van der Waals surface area (Å²) >= 11 is 0. The van der Waals surface area contributed by atoms with E-state index in [0.717, 1.165) is 102 Å². The van der Waals surface area contributed by atoms with Gasteiger partial charge in [0.25, 0.3) is 5.91 Å². The zero-order chi connectivity index (χ0) is 50.3. The van der Waals surface area contributed by atoms with Crippen molar-refractivity contribution in [1.29, 1.82) is 0 Å². The predicted octanol–water partition coefficient (Wildman–Crippen LogP) is 5.62. The first-order valence-electron chi connectivity index (χ1n) is 24.3. The number of nitrogens with one attached hydrogen (secondary N) is 2. The van der Waals surface area contributed by atoms with E-state index in [2.05, 4.69) is 67.2 Å². The zero-order valence-electron chi connectivity index (χ0n) is 41.2. The van der Waals surface area contributed by atoms with Gasteiger partial charge in [0.05, 0.1) is 44.2 Å². The van der Waals surface area contributed by atoms with Gasteiger partial charge in [-0.1, -0.05) is 13.0 Å². The lowest BCUT2D eigenvalue weighted by Crippen LogP contribution is -2.45. The fraction of sp³-hybridized carbons (Fsp3) is 0.420. The van der Waals surface area contributed by atoms with Gasteiger partial charge >= 0.3 is 0 Å². The van der Waals surface area contributed by atoms with Gasteiger partial charge in [-0.15, -0.1) is 0 Å². The highest BCUT2D eigenvalue weighted by Crippen LogP contribution is 2.37. The van der Waals surface area contributed by atoms with Crippen molar-refractivity contribution in [2.75, 3.05) is 102 Å². The molecule has 0 aliphatic carbocycles. The Bertz CT molecular complexity index is 3100.